The molecule has 0 aliphatic carbocycles. The molecule has 0 N–H and O–H groups in total. The van der Waals surface area contributed by atoms with Gasteiger partial charge in [-0.05, 0) is 19.9 Å². The molecule has 1 aromatic carbocycles. The lowest BCUT2D eigenvalue weighted by molar-refractivity contribution is 0.245. The average molecular weight is 312 g/mol. The number of nitrogens with zero attached hydrogens (tertiary/aromatic N) is 4. The van der Waals surface area contributed by atoms with Crippen LogP contribution in [0.4, 0.5) is 5.82 Å². The van der Waals surface area contributed by atoms with Gasteiger partial charge in [-0.1, -0.05) is 18.2 Å². The van der Waals surface area contributed by atoms with Gasteiger partial charge in [0.1, 0.15) is 11.6 Å². The summed E-state index contributed by atoms with van der Waals surface area (Å²) in [6.45, 7) is 8.95. The fourth-order valence-corrected chi connectivity index (χ4v) is 3.02. The standard InChI is InChI=1S/C18H24N4O/c1-14-12-19-15(2)18(20-14)22-10-8-21(9-11-22)13-16-6-4-5-7-17(16)23-3/h4-7,12H,8-11,13H2,1-3H3. The van der Waals surface area contributed by atoms with Crippen molar-refractivity contribution in [3.8, 4) is 5.75 Å². The van der Waals surface area contributed by atoms with E-state index in [2.05, 4.69) is 31.9 Å². The van der Waals surface area contributed by atoms with Crippen molar-refractivity contribution in [3.63, 3.8) is 0 Å². The normalized spacial score (nSPS) is 15.7. The van der Waals surface area contributed by atoms with Crippen molar-refractivity contribution in [2.75, 3.05) is 38.2 Å². The van der Waals surface area contributed by atoms with Crippen LogP contribution in [0.1, 0.15) is 17.0 Å². The molecule has 1 aliphatic heterocycles. The second-order valence-corrected chi connectivity index (χ2v) is 6.00. The van der Waals surface area contributed by atoms with Crippen molar-refractivity contribution in [1.29, 1.82) is 0 Å². The van der Waals surface area contributed by atoms with Crippen LogP contribution < -0.4 is 9.64 Å². The third-order valence-electron chi connectivity index (χ3n) is 4.31. The van der Waals surface area contributed by atoms with Gasteiger partial charge in [-0.2, -0.15) is 0 Å². The summed E-state index contributed by atoms with van der Waals surface area (Å²) in [7, 11) is 1.73. The number of aromatic nitrogens is 2. The summed E-state index contributed by atoms with van der Waals surface area (Å²) in [4.78, 5) is 13.9. The van der Waals surface area contributed by atoms with Gasteiger partial charge in [0.2, 0.25) is 0 Å². The summed E-state index contributed by atoms with van der Waals surface area (Å²) in [5, 5.41) is 0. The topological polar surface area (TPSA) is 41.5 Å². The number of methoxy groups -OCH3 is 1. The summed E-state index contributed by atoms with van der Waals surface area (Å²) in [5.41, 5.74) is 3.23. The number of aryl methyl sites for hydroxylation is 2. The minimum absolute atomic E-state index is 0.927. The molecular formula is C18H24N4O. The number of hydrogen-bond donors (Lipinski definition) is 0. The van der Waals surface area contributed by atoms with E-state index in [4.69, 9.17) is 4.74 Å². The number of piperazine rings is 1. The predicted molar refractivity (Wildman–Crippen MR) is 92.0 cm³/mol. The molecule has 1 fully saturated rings. The Hall–Kier alpha value is -2.14. The lowest BCUT2D eigenvalue weighted by atomic mass is 10.1. The highest BCUT2D eigenvalue weighted by Gasteiger charge is 2.20. The minimum atomic E-state index is 0.927. The van der Waals surface area contributed by atoms with Crippen LogP contribution in [0.15, 0.2) is 30.5 Å². The number of benzene rings is 1. The quantitative estimate of drug-likeness (QED) is 0.867. The van der Waals surface area contributed by atoms with E-state index < -0.39 is 0 Å². The molecule has 0 bridgehead atoms. The van der Waals surface area contributed by atoms with Crippen molar-refractivity contribution in [3.05, 3.63) is 47.4 Å². The highest BCUT2D eigenvalue weighted by molar-refractivity contribution is 5.43. The van der Waals surface area contributed by atoms with Crippen molar-refractivity contribution in [1.82, 2.24) is 14.9 Å². The summed E-state index contributed by atoms with van der Waals surface area (Å²) >= 11 is 0. The summed E-state index contributed by atoms with van der Waals surface area (Å²) in [5.74, 6) is 2.00. The number of rotatable bonds is 4. The van der Waals surface area contributed by atoms with Crippen molar-refractivity contribution in [2.45, 2.75) is 20.4 Å². The van der Waals surface area contributed by atoms with E-state index in [1.807, 2.05) is 32.2 Å². The van der Waals surface area contributed by atoms with Crippen LogP contribution in [0.5, 0.6) is 5.75 Å². The van der Waals surface area contributed by atoms with Crippen LogP contribution in [-0.4, -0.2) is 48.2 Å². The number of anilines is 1. The summed E-state index contributed by atoms with van der Waals surface area (Å²) in [6.07, 6.45) is 1.83. The van der Waals surface area contributed by atoms with Gasteiger partial charge in [-0.25, -0.2) is 4.98 Å². The number of para-hydroxylation sites is 1. The Kier molecular flexibility index (Phi) is 4.76. The van der Waals surface area contributed by atoms with Gasteiger partial charge in [-0.3, -0.25) is 9.88 Å². The third-order valence-corrected chi connectivity index (χ3v) is 4.31. The van der Waals surface area contributed by atoms with Crippen LogP contribution in [0.25, 0.3) is 0 Å². The van der Waals surface area contributed by atoms with Crippen molar-refractivity contribution in [2.24, 2.45) is 0 Å². The second-order valence-electron chi connectivity index (χ2n) is 6.00. The molecule has 23 heavy (non-hydrogen) atoms. The van der Waals surface area contributed by atoms with E-state index in [-0.39, 0.29) is 0 Å². The maximum Gasteiger partial charge on any atom is 0.150 e. The van der Waals surface area contributed by atoms with E-state index in [1.165, 1.54) is 5.56 Å². The first kappa shape index (κ1) is 15.7. The van der Waals surface area contributed by atoms with Crippen molar-refractivity contribution >= 4 is 5.82 Å². The Morgan fingerprint density at radius 1 is 1.09 bits per heavy atom. The largest absolute Gasteiger partial charge is 0.496 e. The number of ether oxygens (including phenoxy) is 1. The van der Waals surface area contributed by atoms with Gasteiger partial charge >= 0.3 is 0 Å². The lowest BCUT2D eigenvalue weighted by Crippen LogP contribution is -2.46. The van der Waals surface area contributed by atoms with Crippen LogP contribution >= 0.6 is 0 Å². The van der Waals surface area contributed by atoms with Crippen LogP contribution in [0.3, 0.4) is 0 Å². The molecule has 0 unspecified atom stereocenters. The van der Waals surface area contributed by atoms with Gasteiger partial charge < -0.3 is 9.64 Å². The maximum absolute atomic E-state index is 5.45. The Labute approximate surface area is 137 Å². The van der Waals surface area contributed by atoms with E-state index >= 15 is 0 Å². The first-order chi connectivity index (χ1) is 11.2. The number of hydrogen-bond acceptors (Lipinski definition) is 5. The highest BCUT2D eigenvalue weighted by Crippen LogP contribution is 2.22. The smallest absolute Gasteiger partial charge is 0.150 e. The zero-order valence-electron chi connectivity index (χ0n) is 14.1. The molecule has 3 rings (SSSR count). The van der Waals surface area contributed by atoms with Crippen LogP contribution in [-0.2, 0) is 6.54 Å². The monoisotopic (exact) mass is 312 g/mol. The van der Waals surface area contributed by atoms with Gasteiger partial charge in [-0.15, -0.1) is 0 Å². The Balaban J connectivity index is 1.63. The van der Waals surface area contributed by atoms with E-state index in [1.54, 1.807) is 7.11 Å². The molecule has 5 nitrogen and oxygen atoms in total. The van der Waals surface area contributed by atoms with E-state index in [0.29, 0.717) is 0 Å². The lowest BCUT2D eigenvalue weighted by Gasteiger charge is -2.36. The highest BCUT2D eigenvalue weighted by atomic mass is 16.5. The van der Waals surface area contributed by atoms with E-state index in [0.717, 1.165) is 55.7 Å². The first-order valence-electron chi connectivity index (χ1n) is 8.07. The van der Waals surface area contributed by atoms with Gasteiger partial charge in [0.05, 0.1) is 18.5 Å². The first-order valence-corrected chi connectivity index (χ1v) is 8.07. The van der Waals surface area contributed by atoms with E-state index in [9.17, 15) is 0 Å². The summed E-state index contributed by atoms with van der Waals surface area (Å²) < 4.78 is 5.45. The predicted octanol–water partition coefficient (Wildman–Crippen LogP) is 2.42. The Morgan fingerprint density at radius 2 is 1.83 bits per heavy atom. The molecule has 0 saturated carbocycles. The Bertz CT molecular complexity index is 666. The van der Waals surface area contributed by atoms with Crippen LogP contribution in [0, 0.1) is 13.8 Å². The molecule has 0 amide bonds. The average Bonchev–Trinajstić information content (AvgIpc) is 2.58. The second kappa shape index (κ2) is 6.96. The fraction of sp³-hybridized carbons (Fsp3) is 0.444. The van der Waals surface area contributed by atoms with Crippen molar-refractivity contribution < 1.29 is 4.74 Å². The van der Waals surface area contributed by atoms with Gasteiger partial charge in [0.15, 0.2) is 0 Å². The zero-order valence-corrected chi connectivity index (χ0v) is 14.1. The molecule has 1 saturated heterocycles. The van der Waals surface area contributed by atoms with Crippen LogP contribution in [0.2, 0.25) is 0 Å². The summed E-state index contributed by atoms with van der Waals surface area (Å²) in [6, 6.07) is 8.25. The molecule has 0 atom stereocenters. The molecule has 1 aliphatic rings. The molecule has 1 aromatic heterocycles. The molecule has 2 aromatic rings. The van der Waals surface area contributed by atoms with Gasteiger partial charge in [0.25, 0.3) is 0 Å². The molecular weight excluding hydrogens is 288 g/mol. The molecule has 122 valence electrons. The molecule has 0 radical (unpaired) electrons. The minimum Gasteiger partial charge on any atom is -0.496 e. The van der Waals surface area contributed by atoms with Gasteiger partial charge in [0, 0.05) is 44.5 Å². The fourth-order valence-electron chi connectivity index (χ4n) is 3.02. The SMILES string of the molecule is COc1ccccc1CN1CCN(c2nc(C)cnc2C)CC1. The maximum atomic E-state index is 5.45. The zero-order chi connectivity index (χ0) is 16.2. The molecule has 5 heteroatoms. The third kappa shape index (κ3) is 3.62. The molecule has 2 heterocycles. The molecule has 0 spiro atoms. The Morgan fingerprint density at radius 3 is 2.57 bits per heavy atom.